The van der Waals surface area contributed by atoms with Crippen molar-refractivity contribution in [1.29, 1.82) is 0 Å². The average Bonchev–Trinajstić information content (AvgIpc) is 3.22. The summed E-state index contributed by atoms with van der Waals surface area (Å²) in [6.07, 6.45) is 2.96. The van der Waals surface area contributed by atoms with E-state index in [4.69, 9.17) is 16.3 Å². The summed E-state index contributed by atoms with van der Waals surface area (Å²) < 4.78 is 5.84. The molecule has 2 aromatic carbocycles. The number of amides is 3. The zero-order valence-electron chi connectivity index (χ0n) is 23.3. The van der Waals surface area contributed by atoms with Gasteiger partial charge in [-0.2, -0.15) is 0 Å². The number of hydrogen-bond acceptors (Lipinski definition) is 6. The number of imide groups is 1. The van der Waals surface area contributed by atoms with Crippen molar-refractivity contribution in [1.82, 2.24) is 9.80 Å². The molecule has 4 heterocycles. The molecule has 8 nitrogen and oxygen atoms in total. The van der Waals surface area contributed by atoms with Gasteiger partial charge in [0.25, 0.3) is 11.8 Å². The van der Waals surface area contributed by atoms with Gasteiger partial charge in [-0.15, -0.1) is 0 Å². The normalized spacial score (nSPS) is 24.9. The Kier molecular flexibility index (Phi) is 7.25. The van der Waals surface area contributed by atoms with Crippen molar-refractivity contribution in [2.75, 3.05) is 55.7 Å². The number of fused-ring (bicyclic) bond motifs is 1. The lowest BCUT2D eigenvalue weighted by Gasteiger charge is -2.40. The zero-order valence-corrected chi connectivity index (χ0v) is 24.0. The number of piperazine rings is 1. The number of hydrogen-bond donors (Lipinski definition) is 0. The van der Waals surface area contributed by atoms with Crippen LogP contribution in [-0.4, -0.2) is 85.0 Å². The van der Waals surface area contributed by atoms with E-state index in [1.54, 1.807) is 6.07 Å². The lowest BCUT2D eigenvalue weighted by molar-refractivity contribution is -0.136. The van der Waals surface area contributed by atoms with Crippen LogP contribution in [-0.2, 0) is 9.53 Å². The lowest BCUT2D eigenvalue weighted by Crippen LogP contribution is -2.52. The van der Waals surface area contributed by atoms with Crippen molar-refractivity contribution in [2.24, 2.45) is 5.92 Å². The Balaban J connectivity index is 1.15. The Morgan fingerprint density at radius 1 is 0.950 bits per heavy atom. The summed E-state index contributed by atoms with van der Waals surface area (Å²) in [6, 6.07) is 13.2. The number of ether oxygens (including phenoxy) is 1. The van der Waals surface area contributed by atoms with E-state index in [2.05, 4.69) is 15.9 Å². The first kappa shape index (κ1) is 27.1. The number of carbonyl (C=O) groups is 3. The molecule has 0 aromatic heterocycles. The quantitative estimate of drug-likeness (QED) is 0.511. The molecule has 3 saturated heterocycles. The third-order valence-electron chi connectivity index (χ3n) is 8.84. The van der Waals surface area contributed by atoms with Crippen molar-refractivity contribution in [3.05, 3.63) is 58.6 Å². The fourth-order valence-electron chi connectivity index (χ4n) is 6.81. The third kappa shape index (κ3) is 5.07. The second-order valence-corrected chi connectivity index (χ2v) is 12.4. The maximum absolute atomic E-state index is 13.8. The molecule has 0 saturated carbocycles. The zero-order chi connectivity index (χ0) is 28.0. The molecule has 6 rings (SSSR count). The van der Waals surface area contributed by atoms with Gasteiger partial charge in [-0.1, -0.05) is 23.7 Å². The molecule has 212 valence electrons. The van der Waals surface area contributed by atoms with Crippen LogP contribution in [0, 0.1) is 5.92 Å². The highest BCUT2D eigenvalue weighted by molar-refractivity contribution is 6.30. The Labute approximate surface area is 240 Å². The summed E-state index contributed by atoms with van der Waals surface area (Å²) in [4.78, 5) is 48.7. The lowest BCUT2D eigenvalue weighted by atomic mass is 9.93. The van der Waals surface area contributed by atoms with Crippen LogP contribution in [0.15, 0.2) is 42.5 Å². The highest BCUT2D eigenvalue weighted by Crippen LogP contribution is 2.38. The fraction of sp³-hybridized carbons (Fsp3) is 0.516. The van der Waals surface area contributed by atoms with Gasteiger partial charge < -0.3 is 19.4 Å². The van der Waals surface area contributed by atoms with Gasteiger partial charge in [0.2, 0.25) is 5.91 Å². The second kappa shape index (κ2) is 10.7. The second-order valence-electron chi connectivity index (χ2n) is 12.0. The van der Waals surface area contributed by atoms with Gasteiger partial charge in [-0.25, -0.2) is 0 Å². The van der Waals surface area contributed by atoms with Crippen LogP contribution in [0.4, 0.5) is 11.4 Å². The number of anilines is 2. The molecule has 40 heavy (non-hydrogen) atoms. The van der Waals surface area contributed by atoms with Crippen molar-refractivity contribution in [2.45, 2.75) is 51.2 Å². The van der Waals surface area contributed by atoms with Crippen LogP contribution in [0.3, 0.4) is 0 Å². The maximum Gasteiger partial charge on any atom is 0.263 e. The van der Waals surface area contributed by atoms with Gasteiger partial charge in [0, 0.05) is 62.6 Å². The van der Waals surface area contributed by atoms with E-state index in [0.717, 1.165) is 43.9 Å². The highest BCUT2D eigenvalue weighted by atomic mass is 35.5. The Bertz CT molecular complexity index is 1320. The highest BCUT2D eigenvalue weighted by Gasteiger charge is 2.45. The van der Waals surface area contributed by atoms with E-state index < -0.39 is 0 Å². The van der Waals surface area contributed by atoms with E-state index in [0.29, 0.717) is 55.2 Å². The average molecular weight is 565 g/mol. The molecule has 4 aliphatic rings. The van der Waals surface area contributed by atoms with E-state index >= 15 is 0 Å². The molecule has 0 radical (unpaired) electrons. The van der Waals surface area contributed by atoms with E-state index in [1.165, 1.54) is 4.90 Å². The topological polar surface area (TPSA) is 73.4 Å². The van der Waals surface area contributed by atoms with Crippen LogP contribution >= 0.6 is 11.6 Å². The predicted molar refractivity (Wildman–Crippen MR) is 155 cm³/mol. The molecular formula is C31H37ClN4O4. The van der Waals surface area contributed by atoms with Crippen LogP contribution < -0.4 is 9.80 Å². The Morgan fingerprint density at radius 2 is 1.73 bits per heavy atom. The molecular weight excluding hydrogens is 528 g/mol. The Morgan fingerprint density at radius 3 is 2.48 bits per heavy atom. The molecule has 0 aliphatic carbocycles. The van der Waals surface area contributed by atoms with E-state index in [9.17, 15) is 14.4 Å². The van der Waals surface area contributed by atoms with Gasteiger partial charge in [0.1, 0.15) is 0 Å². The SMILES string of the molecule is CC1(C)C[C@H](N2C(=O)c3cccc(N4CCC[C@@H](C(=O)N5CCN(c6cccc(Cl)c6)CC5)C4)c3C2=O)CCO1. The first-order valence-corrected chi connectivity index (χ1v) is 14.8. The van der Waals surface area contributed by atoms with E-state index in [1.807, 2.05) is 49.1 Å². The summed E-state index contributed by atoms with van der Waals surface area (Å²) in [5.74, 6) is -0.394. The van der Waals surface area contributed by atoms with Crippen LogP contribution in [0.1, 0.15) is 60.2 Å². The minimum Gasteiger partial charge on any atom is -0.375 e. The first-order chi connectivity index (χ1) is 19.2. The van der Waals surface area contributed by atoms with Gasteiger partial charge in [-0.05, 0) is 69.9 Å². The summed E-state index contributed by atoms with van der Waals surface area (Å²) in [7, 11) is 0. The minimum absolute atomic E-state index is 0.137. The number of nitrogens with zero attached hydrogens (tertiary/aromatic N) is 4. The maximum atomic E-state index is 13.8. The van der Waals surface area contributed by atoms with Crippen LogP contribution in [0.5, 0.6) is 0 Å². The number of halogens is 1. The molecule has 3 fully saturated rings. The van der Waals surface area contributed by atoms with Crippen LogP contribution in [0.25, 0.3) is 0 Å². The molecule has 9 heteroatoms. The van der Waals surface area contributed by atoms with Crippen molar-refractivity contribution in [3.8, 4) is 0 Å². The van der Waals surface area contributed by atoms with Gasteiger partial charge >= 0.3 is 0 Å². The third-order valence-corrected chi connectivity index (χ3v) is 9.07. The number of rotatable bonds is 4. The fourth-order valence-corrected chi connectivity index (χ4v) is 7.00. The summed E-state index contributed by atoms with van der Waals surface area (Å²) in [5.41, 5.74) is 2.44. The van der Waals surface area contributed by atoms with Gasteiger partial charge in [0.05, 0.1) is 28.3 Å². The first-order valence-electron chi connectivity index (χ1n) is 14.4. The largest absolute Gasteiger partial charge is 0.375 e. The molecule has 2 atom stereocenters. The monoisotopic (exact) mass is 564 g/mol. The van der Waals surface area contributed by atoms with Gasteiger partial charge in [0.15, 0.2) is 0 Å². The number of benzene rings is 2. The number of piperidine rings is 1. The molecule has 0 bridgehead atoms. The van der Waals surface area contributed by atoms with Gasteiger partial charge in [-0.3, -0.25) is 19.3 Å². The molecule has 4 aliphatic heterocycles. The molecule has 0 spiro atoms. The number of carbonyl (C=O) groups excluding carboxylic acids is 3. The molecule has 2 aromatic rings. The summed E-state index contributed by atoms with van der Waals surface area (Å²) >= 11 is 6.18. The summed E-state index contributed by atoms with van der Waals surface area (Å²) in [6.45, 7) is 8.73. The standard InChI is InChI=1S/C31H37ClN4O4/c1-31(2)19-24(11-17-40-31)36-29(38)25-9-4-10-26(27(25)30(36)39)35-12-5-6-21(20-35)28(37)34-15-13-33(14-16-34)23-8-3-7-22(32)18-23/h3-4,7-10,18,21,24H,5-6,11-17,19-20H2,1-2H3/t21-,24-/m1/s1. The smallest absolute Gasteiger partial charge is 0.263 e. The predicted octanol–water partition coefficient (Wildman–Crippen LogP) is 4.46. The van der Waals surface area contributed by atoms with Crippen molar-refractivity contribution < 1.29 is 19.1 Å². The van der Waals surface area contributed by atoms with E-state index in [-0.39, 0.29) is 35.3 Å². The minimum atomic E-state index is -0.374. The van der Waals surface area contributed by atoms with Crippen molar-refractivity contribution in [3.63, 3.8) is 0 Å². The molecule has 3 amide bonds. The molecule has 0 unspecified atom stereocenters. The Hall–Kier alpha value is -3.10. The van der Waals surface area contributed by atoms with Crippen LogP contribution in [0.2, 0.25) is 5.02 Å². The van der Waals surface area contributed by atoms with Crippen molar-refractivity contribution >= 4 is 40.7 Å². The summed E-state index contributed by atoms with van der Waals surface area (Å²) in [5, 5.41) is 0.714. The molecule has 0 N–H and O–H groups in total.